The maximum absolute atomic E-state index is 12.4. The number of pyridine rings is 1. The van der Waals surface area contributed by atoms with Crippen molar-refractivity contribution in [2.24, 2.45) is 0 Å². The molecule has 0 aliphatic carbocycles. The molecule has 0 saturated carbocycles. The van der Waals surface area contributed by atoms with Gasteiger partial charge in [0.05, 0.1) is 15.1 Å². The molecule has 0 bridgehead atoms. The number of hydrogen-bond donors (Lipinski definition) is 3. The Balaban J connectivity index is 1.61. The van der Waals surface area contributed by atoms with E-state index in [4.69, 9.17) is 11.6 Å². The number of nitrogens with one attached hydrogen (secondary N) is 3. The van der Waals surface area contributed by atoms with E-state index in [0.717, 1.165) is 11.3 Å². The molecular formula is C19H17BrClN5O2. The Morgan fingerprint density at radius 1 is 1.21 bits per heavy atom. The fraction of sp³-hybridized carbons (Fsp3) is 0.158. The van der Waals surface area contributed by atoms with E-state index in [2.05, 4.69) is 41.7 Å². The molecule has 0 aliphatic rings. The topological polar surface area (TPSA) is 99.8 Å². The molecule has 1 aromatic carbocycles. The maximum Gasteiger partial charge on any atom is 0.270 e. The van der Waals surface area contributed by atoms with Crippen LogP contribution in [0.2, 0.25) is 5.02 Å². The minimum Gasteiger partial charge on any atom is -0.350 e. The van der Waals surface area contributed by atoms with Gasteiger partial charge in [0, 0.05) is 18.4 Å². The van der Waals surface area contributed by atoms with Crippen LogP contribution in [0.4, 0.5) is 5.82 Å². The number of carbonyl (C=O) groups excluding carboxylic acids is 2. The smallest absolute Gasteiger partial charge is 0.270 e. The Bertz CT molecular complexity index is 1020. The summed E-state index contributed by atoms with van der Waals surface area (Å²) in [6.45, 7) is 2.37. The van der Waals surface area contributed by atoms with E-state index in [0.29, 0.717) is 28.0 Å². The molecule has 0 fully saturated rings. The average molecular weight is 463 g/mol. The Morgan fingerprint density at radius 3 is 2.75 bits per heavy atom. The lowest BCUT2D eigenvalue weighted by atomic mass is 10.2. The molecule has 3 N–H and O–H groups in total. The van der Waals surface area contributed by atoms with E-state index in [1.165, 1.54) is 0 Å². The minimum atomic E-state index is -0.419. The van der Waals surface area contributed by atoms with Gasteiger partial charge in [0.2, 0.25) is 0 Å². The van der Waals surface area contributed by atoms with E-state index in [9.17, 15) is 9.59 Å². The number of benzene rings is 1. The minimum absolute atomic E-state index is 0.208. The molecular weight excluding hydrogens is 446 g/mol. The Labute approximate surface area is 175 Å². The number of amides is 2. The van der Waals surface area contributed by atoms with Crippen molar-refractivity contribution in [2.45, 2.75) is 13.3 Å². The van der Waals surface area contributed by atoms with Gasteiger partial charge in [-0.05, 0) is 59.1 Å². The molecule has 0 aliphatic heterocycles. The largest absolute Gasteiger partial charge is 0.350 e. The first-order chi connectivity index (χ1) is 13.5. The molecule has 7 nitrogen and oxygen atoms in total. The number of anilines is 1. The van der Waals surface area contributed by atoms with Crippen molar-refractivity contribution in [3.8, 4) is 0 Å². The lowest BCUT2D eigenvalue weighted by molar-refractivity contribution is 0.0947. The highest BCUT2D eigenvalue weighted by atomic mass is 79.9. The second-order valence-electron chi connectivity index (χ2n) is 6.01. The summed E-state index contributed by atoms with van der Waals surface area (Å²) in [5.41, 5.74) is 2.56. The predicted octanol–water partition coefficient (Wildman–Crippen LogP) is 3.75. The van der Waals surface area contributed by atoms with Crippen molar-refractivity contribution >= 4 is 45.2 Å². The lowest BCUT2D eigenvalue weighted by Gasteiger charge is -2.06. The van der Waals surface area contributed by atoms with Gasteiger partial charge in [-0.2, -0.15) is 5.10 Å². The maximum atomic E-state index is 12.4. The average Bonchev–Trinajstić information content (AvgIpc) is 3.02. The van der Waals surface area contributed by atoms with Gasteiger partial charge in [-0.15, -0.1) is 0 Å². The highest BCUT2D eigenvalue weighted by Crippen LogP contribution is 2.25. The number of hydrogen-bond acceptors (Lipinski definition) is 4. The number of aryl methyl sites for hydroxylation is 1. The van der Waals surface area contributed by atoms with E-state index in [1.54, 1.807) is 30.5 Å². The number of aromatic nitrogens is 3. The second-order valence-corrected chi connectivity index (χ2v) is 7.21. The van der Waals surface area contributed by atoms with Crippen molar-refractivity contribution in [3.63, 3.8) is 0 Å². The van der Waals surface area contributed by atoms with Crippen molar-refractivity contribution in [2.75, 3.05) is 11.9 Å². The monoisotopic (exact) mass is 461 g/mol. The highest BCUT2D eigenvalue weighted by molar-refractivity contribution is 9.10. The molecule has 0 radical (unpaired) electrons. The summed E-state index contributed by atoms with van der Waals surface area (Å²) in [4.78, 5) is 28.9. The number of aromatic amines is 1. The SMILES string of the molecule is Cc1cc(CCNC(=O)c2[nH]nc(NC(=O)c3ccccc3Cl)c2Br)ccn1. The van der Waals surface area contributed by atoms with Crippen LogP contribution < -0.4 is 10.6 Å². The van der Waals surface area contributed by atoms with Gasteiger partial charge < -0.3 is 10.6 Å². The summed E-state index contributed by atoms with van der Waals surface area (Å²) in [6, 6.07) is 10.6. The molecule has 3 aromatic rings. The molecule has 2 aromatic heterocycles. The summed E-state index contributed by atoms with van der Waals surface area (Å²) in [7, 11) is 0. The van der Waals surface area contributed by atoms with Crippen LogP contribution in [-0.4, -0.2) is 33.5 Å². The van der Waals surface area contributed by atoms with E-state index >= 15 is 0 Å². The summed E-state index contributed by atoms with van der Waals surface area (Å²) >= 11 is 9.34. The predicted molar refractivity (Wildman–Crippen MR) is 111 cm³/mol. The van der Waals surface area contributed by atoms with Crippen LogP contribution in [0.15, 0.2) is 47.1 Å². The quantitative estimate of drug-likeness (QED) is 0.519. The molecule has 144 valence electrons. The first-order valence-electron chi connectivity index (χ1n) is 8.45. The second kappa shape index (κ2) is 8.99. The summed E-state index contributed by atoms with van der Waals surface area (Å²) in [5, 5.41) is 12.4. The molecule has 0 atom stereocenters. The third-order valence-corrected chi connectivity index (χ3v) is 5.05. The zero-order valence-corrected chi connectivity index (χ0v) is 17.3. The van der Waals surface area contributed by atoms with Crippen molar-refractivity contribution in [3.05, 3.63) is 74.6 Å². The highest BCUT2D eigenvalue weighted by Gasteiger charge is 2.19. The van der Waals surface area contributed by atoms with Crippen LogP contribution in [-0.2, 0) is 6.42 Å². The summed E-state index contributed by atoms with van der Waals surface area (Å²) in [5.74, 6) is -0.541. The van der Waals surface area contributed by atoms with Crippen LogP contribution in [0.25, 0.3) is 0 Å². The van der Waals surface area contributed by atoms with Crippen molar-refractivity contribution in [1.82, 2.24) is 20.5 Å². The Kier molecular flexibility index (Phi) is 6.43. The molecule has 2 amide bonds. The molecule has 3 rings (SSSR count). The van der Waals surface area contributed by atoms with Crippen molar-refractivity contribution in [1.29, 1.82) is 0 Å². The fourth-order valence-electron chi connectivity index (χ4n) is 2.55. The van der Waals surface area contributed by atoms with Gasteiger partial charge in [-0.1, -0.05) is 23.7 Å². The third-order valence-electron chi connectivity index (χ3n) is 3.94. The van der Waals surface area contributed by atoms with Crippen molar-refractivity contribution < 1.29 is 9.59 Å². The summed E-state index contributed by atoms with van der Waals surface area (Å²) in [6.07, 6.45) is 2.42. The van der Waals surface area contributed by atoms with E-state index < -0.39 is 5.91 Å². The molecule has 9 heteroatoms. The number of nitrogens with zero attached hydrogens (tertiary/aromatic N) is 2. The Hall–Kier alpha value is -2.71. The third kappa shape index (κ3) is 4.76. The van der Waals surface area contributed by atoms with Gasteiger partial charge in [-0.25, -0.2) is 0 Å². The molecule has 28 heavy (non-hydrogen) atoms. The zero-order valence-electron chi connectivity index (χ0n) is 14.9. The summed E-state index contributed by atoms with van der Waals surface area (Å²) < 4.78 is 0.366. The fourth-order valence-corrected chi connectivity index (χ4v) is 3.23. The standard InChI is InChI=1S/C19H17BrClN5O2/c1-11-10-12(6-8-22-11)7-9-23-19(28)16-15(20)17(26-25-16)24-18(27)13-4-2-3-5-14(13)21/h2-6,8,10H,7,9H2,1H3,(H,23,28)(H2,24,25,26,27). The van der Waals surface area contributed by atoms with Crippen LogP contribution >= 0.6 is 27.5 Å². The van der Waals surface area contributed by atoms with Crippen LogP contribution in [0.1, 0.15) is 32.1 Å². The first-order valence-corrected chi connectivity index (χ1v) is 9.62. The molecule has 0 saturated heterocycles. The molecule has 2 heterocycles. The number of carbonyl (C=O) groups is 2. The van der Waals surface area contributed by atoms with Gasteiger partial charge >= 0.3 is 0 Å². The van der Waals surface area contributed by atoms with E-state index in [-0.39, 0.29) is 17.4 Å². The number of rotatable bonds is 6. The van der Waals surface area contributed by atoms with Crippen LogP contribution in [0.3, 0.4) is 0 Å². The first kappa shape index (κ1) is 20.0. The van der Waals surface area contributed by atoms with Crippen LogP contribution in [0, 0.1) is 6.92 Å². The van der Waals surface area contributed by atoms with E-state index in [1.807, 2.05) is 19.1 Å². The van der Waals surface area contributed by atoms with Gasteiger partial charge in [0.25, 0.3) is 11.8 Å². The lowest BCUT2D eigenvalue weighted by Crippen LogP contribution is -2.26. The normalized spacial score (nSPS) is 10.5. The molecule has 0 unspecified atom stereocenters. The van der Waals surface area contributed by atoms with Gasteiger partial charge in [0.15, 0.2) is 5.82 Å². The van der Waals surface area contributed by atoms with Crippen LogP contribution in [0.5, 0.6) is 0 Å². The van der Waals surface area contributed by atoms with Gasteiger partial charge in [0.1, 0.15) is 5.69 Å². The molecule has 0 spiro atoms. The number of halogens is 2. The van der Waals surface area contributed by atoms with Gasteiger partial charge in [-0.3, -0.25) is 19.7 Å². The zero-order chi connectivity index (χ0) is 20.1. The number of H-pyrrole nitrogens is 1. The Morgan fingerprint density at radius 2 is 2.00 bits per heavy atom.